The highest BCUT2D eigenvalue weighted by Crippen LogP contribution is 2.16. The minimum absolute atomic E-state index is 0.0737. The van der Waals surface area contributed by atoms with E-state index >= 15 is 0 Å². The van der Waals surface area contributed by atoms with E-state index in [2.05, 4.69) is 22.1 Å². The zero-order valence-electron chi connectivity index (χ0n) is 15.1. The number of piperazine rings is 1. The number of rotatable bonds is 4. The Morgan fingerprint density at radius 3 is 2.41 bits per heavy atom. The standard InChI is InChI=1S/C21H22N4O2/c26-20(24-14-12-23(13-15-24)18-7-2-1-3-8-18)10-11-25-21(27)19-9-5-4-6-17(19)16-22-25/h1-9,16H,10-15H2. The zero-order chi connectivity index (χ0) is 18.6. The van der Waals surface area contributed by atoms with Crippen molar-refractivity contribution in [2.45, 2.75) is 13.0 Å². The van der Waals surface area contributed by atoms with Crippen LogP contribution >= 0.6 is 0 Å². The van der Waals surface area contributed by atoms with Gasteiger partial charge in [-0.05, 0) is 18.2 Å². The summed E-state index contributed by atoms with van der Waals surface area (Å²) in [6, 6.07) is 17.6. The molecular weight excluding hydrogens is 340 g/mol. The van der Waals surface area contributed by atoms with Crippen molar-refractivity contribution < 1.29 is 4.79 Å². The fraction of sp³-hybridized carbons (Fsp3) is 0.286. The molecule has 6 heteroatoms. The second-order valence-corrected chi connectivity index (χ2v) is 6.71. The number of benzene rings is 2. The molecule has 4 rings (SSSR count). The Morgan fingerprint density at radius 1 is 0.926 bits per heavy atom. The van der Waals surface area contributed by atoms with Gasteiger partial charge in [0.15, 0.2) is 0 Å². The Morgan fingerprint density at radius 2 is 1.63 bits per heavy atom. The maximum atomic E-state index is 12.6. The molecule has 1 saturated heterocycles. The highest BCUT2D eigenvalue weighted by Gasteiger charge is 2.21. The van der Waals surface area contributed by atoms with E-state index in [1.807, 2.05) is 41.3 Å². The van der Waals surface area contributed by atoms with Crippen LogP contribution in [0.5, 0.6) is 0 Å². The van der Waals surface area contributed by atoms with Gasteiger partial charge < -0.3 is 9.80 Å². The summed E-state index contributed by atoms with van der Waals surface area (Å²) in [5.41, 5.74) is 1.05. The van der Waals surface area contributed by atoms with Crippen LogP contribution in [0.15, 0.2) is 65.6 Å². The normalized spacial score (nSPS) is 14.5. The van der Waals surface area contributed by atoms with Crippen LogP contribution < -0.4 is 10.5 Å². The summed E-state index contributed by atoms with van der Waals surface area (Å²) in [7, 11) is 0. The van der Waals surface area contributed by atoms with Crippen LogP contribution in [0.3, 0.4) is 0 Å². The number of anilines is 1. The second kappa shape index (κ2) is 7.61. The Balaban J connectivity index is 1.35. The van der Waals surface area contributed by atoms with Crippen molar-refractivity contribution in [3.8, 4) is 0 Å². The maximum absolute atomic E-state index is 12.6. The van der Waals surface area contributed by atoms with Crippen molar-refractivity contribution in [1.29, 1.82) is 0 Å². The van der Waals surface area contributed by atoms with Crippen LogP contribution in [0.4, 0.5) is 5.69 Å². The van der Waals surface area contributed by atoms with Gasteiger partial charge >= 0.3 is 0 Å². The number of amides is 1. The van der Waals surface area contributed by atoms with E-state index in [0.29, 0.717) is 25.0 Å². The summed E-state index contributed by atoms with van der Waals surface area (Å²) in [5, 5.41) is 5.66. The monoisotopic (exact) mass is 362 g/mol. The van der Waals surface area contributed by atoms with Gasteiger partial charge in [0.1, 0.15) is 0 Å². The van der Waals surface area contributed by atoms with Crippen LogP contribution in [0.25, 0.3) is 10.8 Å². The molecule has 1 fully saturated rings. The number of aromatic nitrogens is 2. The average Bonchev–Trinajstić information content (AvgIpc) is 2.74. The summed E-state index contributed by atoms with van der Waals surface area (Å²) >= 11 is 0. The summed E-state index contributed by atoms with van der Waals surface area (Å²) < 4.78 is 1.39. The molecular formula is C21H22N4O2. The first-order chi connectivity index (χ1) is 13.2. The van der Waals surface area contributed by atoms with Crippen molar-refractivity contribution >= 4 is 22.4 Å². The molecule has 27 heavy (non-hydrogen) atoms. The van der Waals surface area contributed by atoms with Crippen LogP contribution in [0.2, 0.25) is 0 Å². The Bertz CT molecular complexity index is 992. The molecule has 0 atom stereocenters. The zero-order valence-corrected chi connectivity index (χ0v) is 15.1. The molecule has 3 aromatic rings. The van der Waals surface area contributed by atoms with E-state index in [0.717, 1.165) is 18.5 Å². The number of fused-ring (bicyclic) bond motifs is 1. The molecule has 0 aliphatic carbocycles. The molecule has 2 heterocycles. The third-order valence-corrected chi connectivity index (χ3v) is 5.05. The molecule has 1 aliphatic rings. The Labute approximate surface area is 157 Å². The molecule has 2 aromatic carbocycles. The molecule has 0 saturated carbocycles. The van der Waals surface area contributed by atoms with Gasteiger partial charge in [0, 0.05) is 43.7 Å². The lowest BCUT2D eigenvalue weighted by atomic mass is 10.2. The lowest BCUT2D eigenvalue weighted by Crippen LogP contribution is -2.49. The predicted molar refractivity (Wildman–Crippen MR) is 106 cm³/mol. The Hall–Kier alpha value is -3.15. The molecule has 0 spiro atoms. The highest BCUT2D eigenvalue weighted by molar-refractivity contribution is 5.80. The number of carbonyl (C=O) groups excluding carboxylic acids is 1. The quantitative estimate of drug-likeness (QED) is 0.713. The van der Waals surface area contributed by atoms with Crippen molar-refractivity contribution in [2.24, 2.45) is 0 Å². The molecule has 0 unspecified atom stereocenters. The highest BCUT2D eigenvalue weighted by atomic mass is 16.2. The largest absolute Gasteiger partial charge is 0.368 e. The van der Waals surface area contributed by atoms with Gasteiger partial charge in [-0.1, -0.05) is 36.4 Å². The first kappa shape index (κ1) is 17.3. The van der Waals surface area contributed by atoms with E-state index < -0.39 is 0 Å². The number of hydrogen-bond donors (Lipinski definition) is 0. The fourth-order valence-corrected chi connectivity index (χ4v) is 3.50. The third kappa shape index (κ3) is 3.69. The Kier molecular flexibility index (Phi) is 4.87. The first-order valence-corrected chi connectivity index (χ1v) is 9.25. The SMILES string of the molecule is O=C(CCn1ncc2ccccc2c1=O)N1CCN(c2ccccc2)CC1. The number of nitrogens with zero attached hydrogens (tertiary/aromatic N) is 4. The van der Waals surface area contributed by atoms with Crippen LogP contribution in [0, 0.1) is 0 Å². The van der Waals surface area contributed by atoms with Crippen molar-refractivity contribution in [3.05, 3.63) is 71.1 Å². The summed E-state index contributed by atoms with van der Waals surface area (Å²) in [4.78, 5) is 29.2. The fourth-order valence-electron chi connectivity index (χ4n) is 3.50. The van der Waals surface area contributed by atoms with Crippen molar-refractivity contribution in [2.75, 3.05) is 31.1 Å². The van der Waals surface area contributed by atoms with E-state index in [1.165, 1.54) is 10.4 Å². The predicted octanol–water partition coefficient (Wildman–Crippen LogP) is 2.14. The lowest BCUT2D eigenvalue weighted by molar-refractivity contribution is -0.131. The first-order valence-electron chi connectivity index (χ1n) is 9.25. The molecule has 1 aromatic heterocycles. The topological polar surface area (TPSA) is 58.4 Å². The summed E-state index contributed by atoms with van der Waals surface area (Å²) in [6.45, 7) is 3.36. The van der Waals surface area contributed by atoms with Crippen molar-refractivity contribution in [1.82, 2.24) is 14.7 Å². The minimum atomic E-state index is -0.144. The van der Waals surface area contributed by atoms with Gasteiger partial charge in [-0.15, -0.1) is 0 Å². The molecule has 6 nitrogen and oxygen atoms in total. The number of carbonyl (C=O) groups is 1. The molecule has 138 valence electrons. The molecule has 0 radical (unpaired) electrons. The average molecular weight is 362 g/mol. The number of para-hydroxylation sites is 1. The van der Waals surface area contributed by atoms with E-state index in [-0.39, 0.29) is 17.9 Å². The lowest BCUT2D eigenvalue weighted by Gasteiger charge is -2.36. The van der Waals surface area contributed by atoms with Gasteiger partial charge in [-0.3, -0.25) is 9.59 Å². The second-order valence-electron chi connectivity index (χ2n) is 6.71. The smallest absolute Gasteiger partial charge is 0.274 e. The summed E-state index contributed by atoms with van der Waals surface area (Å²) in [5.74, 6) is 0.0737. The molecule has 0 N–H and O–H groups in total. The van der Waals surface area contributed by atoms with Gasteiger partial charge in [0.2, 0.25) is 5.91 Å². The molecule has 1 aliphatic heterocycles. The number of aryl methyl sites for hydroxylation is 1. The summed E-state index contributed by atoms with van der Waals surface area (Å²) in [6.07, 6.45) is 1.97. The third-order valence-electron chi connectivity index (χ3n) is 5.05. The van der Waals surface area contributed by atoms with Crippen LogP contribution in [-0.2, 0) is 11.3 Å². The van der Waals surface area contributed by atoms with Gasteiger partial charge in [-0.25, -0.2) is 4.68 Å². The number of hydrogen-bond acceptors (Lipinski definition) is 4. The van der Waals surface area contributed by atoms with Gasteiger partial charge in [0.05, 0.1) is 18.1 Å². The van der Waals surface area contributed by atoms with Gasteiger partial charge in [0.25, 0.3) is 5.56 Å². The van der Waals surface area contributed by atoms with Crippen LogP contribution in [-0.4, -0.2) is 46.8 Å². The van der Waals surface area contributed by atoms with E-state index in [4.69, 9.17) is 0 Å². The molecule has 1 amide bonds. The van der Waals surface area contributed by atoms with Gasteiger partial charge in [-0.2, -0.15) is 5.10 Å². The van der Waals surface area contributed by atoms with E-state index in [9.17, 15) is 9.59 Å². The van der Waals surface area contributed by atoms with Crippen molar-refractivity contribution in [3.63, 3.8) is 0 Å². The van der Waals surface area contributed by atoms with E-state index in [1.54, 1.807) is 12.3 Å². The minimum Gasteiger partial charge on any atom is -0.368 e. The maximum Gasteiger partial charge on any atom is 0.274 e. The molecule has 0 bridgehead atoms. The van der Waals surface area contributed by atoms with Crippen LogP contribution in [0.1, 0.15) is 6.42 Å².